The number of nitrogens with one attached hydrogen (secondary N) is 1. The highest BCUT2D eigenvalue weighted by Crippen LogP contribution is 2.33. The number of hydrogen-bond donors (Lipinski definition) is 2. The maximum atomic E-state index is 12.7. The van der Waals surface area contributed by atoms with Gasteiger partial charge < -0.3 is 20.5 Å². The Morgan fingerprint density at radius 2 is 2.07 bits per heavy atom. The Labute approximate surface area is 159 Å². The van der Waals surface area contributed by atoms with Gasteiger partial charge in [-0.05, 0) is 49.9 Å². The van der Waals surface area contributed by atoms with Crippen molar-refractivity contribution < 1.29 is 14.3 Å². The quantitative estimate of drug-likeness (QED) is 0.779. The van der Waals surface area contributed by atoms with Crippen LogP contribution in [-0.2, 0) is 16.6 Å². The smallest absolute Gasteiger partial charge is 0.227 e. The number of aromatic nitrogens is 2. The summed E-state index contributed by atoms with van der Waals surface area (Å²) in [7, 11) is 3.61. The van der Waals surface area contributed by atoms with Gasteiger partial charge in [0.2, 0.25) is 5.91 Å². The monoisotopic (exact) mass is 372 g/mol. The summed E-state index contributed by atoms with van der Waals surface area (Å²) < 4.78 is 12.9. The number of nitrogens with zero attached hydrogens (tertiary/aromatic N) is 2. The zero-order valence-electron chi connectivity index (χ0n) is 16.0. The van der Waals surface area contributed by atoms with E-state index in [-0.39, 0.29) is 17.9 Å². The van der Waals surface area contributed by atoms with E-state index in [9.17, 15) is 4.79 Å². The molecule has 2 aromatic rings. The average molecular weight is 372 g/mol. The molecule has 0 atom stereocenters. The van der Waals surface area contributed by atoms with Gasteiger partial charge in [-0.25, -0.2) is 0 Å². The van der Waals surface area contributed by atoms with Crippen molar-refractivity contribution in [2.45, 2.75) is 31.8 Å². The molecule has 1 aliphatic carbocycles. The molecule has 0 unspecified atom stereocenters. The third kappa shape index (κ3) is 4.67. The number of benzene rings is 1. The molecule has 3 N–H and O–H groups in total. The molecule has 27 heavy (non-hydrogen) atoms. The Hall–Kier alpha value is -2.38. The summed E-state index contributed by atoms with van der Waals surface area (Å²) in [5.74, 6) is 0.823. The van der Waals surface area contributed by atoms with Crippen molar-refractivity contribution in [2.75, 3.05) is 25.6 Å². The fourth-order valence-electron chi connectivity index (χ4n) is 3.55. The lowest BCUT2D eigenvalue weighted by Gasteiger charge is -2.26. The number of hydrogen-bond acceptors (Lipinski definition) is 5. The predicted molar refractivity (Wildman–Crippen MR) is 105 cm³/mol. The first-order valence-electron chi connectivity index (χ1n) is 9.41. The zero-order chi connectivity index (χ0) is 19.2. The van der Waals surface area contributed by atoms with Crippen LogP contribution in [0.4, 0.5) is 5.69 Å². The zero-order valence-corrected chi connectivity index (χ0v) is 16.0. The molecule has 7 nitrogen and oxygen atoms in total. The van der Waals surface area contributed by atoms with Crippen LogP contribution in [0.2, 0.25) is 0 Å². The molecule has 7 heteroatoms. The molecule has 1 amide bonds. The summed E-state index contributed by atoms with van der Waals surface area (Å²) in [5, 5.41) is 7.29. The highest BCUT2D eigenvalue weighted by Gasteiger charge is 2.26. The average Bonchev–Trinajstić information content (AvgIpc) is 3.12. The van der Waals surface area contributed by atoms with Gasteiger partial charge in [0.05, 0.1) is 11.8 Å². The number of ether oxygens (including phenoxy) is 2. The Kier molecular flexibility index (Phi) is 6.47. The van der Waals surface area contributed by atoms with E-state index in [1.807, 2.05) is 31.3 Å². The van der Waals surface area contributed by atoms with Gasteiger partial charge in [-0.1, -0.05) is 0 Å². The topological polar surface area (TPSA) is 91.4 Å². The molecule has 1 saturated carbocycles. The van der Waals surface area contributed by atoms with Gasteiger partial charge in [-0.2, -0.15) is 5.10 Å². The number of nitrogens with two attached hydrogens (primary N) is 1. The number of amides is 1. The van der Waals surface area contributed by atoms with E-state index < -0.39 is 0 Å². The molecule has 0 saturated heterocycles. The van der Waals surface area contributed by atoms with Gasteiger partial charge >= 0.3 is 0 Å². The lowest BCUT2D eigenvalue weighted by Crippen LogP contribution is -2.29. The maximum Gasteiger partial charge on any atom is 0.227 e. The predicted octanol–water partition coefficient (Wildman–Crippen LogP) is 2.57. The van der Waals surface area contributed by atoms with Gasteiger partial charge in [-0.15, -0.1) is 0 Å². The number of rotatable bonds is 7. The Bertz CT molecular complexity index is 766. The largest absolute Gasteiger partial charge is 0.492 e. The fraction of sp³-hybridized carbons (Fsp3) is 0.500. The second-order valence-corrected chi connectivity index (χ2v) is 6.89. The molecule has 1 aliphatic rings. The molecule has 0 bridgehead atoms. The summed E-state index contributed by atoms with van der Waals surface area (Å²) in [4.78, 5) is 12.7. The molecule has 1 aromatic heterocycles. The van der Waals surface area contributed by atoms with E-state index in [1.54, 1.807) is 18.0 Å². The van der Waals surface area contributed by atoms with Crippen LogP contribution in [0, 0.1) is 5.92 Å². The van der Waals surface area contributed by atoms with Crippen LogP contribution >= 0.6 is 0 Å². The molecular weight excluding hydrogens is 344 g/mol. The Morgan fingerprint density at radius 1 is 1.30 bits per heavy atom. The van der Waals surface area contributed by atoms with Crippen molar-refractivity contribution >= 4 is 11.6 Å². The van der Waals surface area contributed by atoms with E-state index in [0.29, 0.717) is 13.2 Å². The summed E-state index contributed by atoms with van der Waals surface area (Å²) in [6.07, 6.45) is 5.60. The van der Waals surface area contributed by atoms with Crippen LogP contribution < -0.4 is 15.8 Å². The molecule has 0 aliphatic heterocycles. The number of carbonyl (C=O) groups excluding carboxylic acids is 1. The van der Waals surface area contributed by atoms with Crippen LogP contribution in [0.3, 0.4) is 0 Å². The lowest BCUT2D eigenvalue weighted by molar-refractivity contribution is -0.121. The first-order valence-corrected chi connectivity index (χ1v) is 9.41. The number of carbonyl (C=O) groups is 1. The summed E-state index contributed by atoms with van der Waals surface area (Å²) in [5.41, 5.74) is 8.11. The number of aryl methyl sites for hydroxylation is 1. The van der Waals surface area contributed by atoms with Crippen molar-refractivity contribution in [2.24, 2.45) is 18.7 Å². The standard InChI is InChI=1S/C20H28N4O3/c1-24-18(9-11-22-24)17-13-15(5-8-19(17)27-12-10-21)23-20(25)14-3-6-16(26-2)7-4-14/h5,8-9,11,13-14,16H,3-4,6-7,10,12,21H2,1-2H3,(H,23,25). The summed E-state index contributed by atoms with van der Waals surface area (Å²) in [6, 6.07) is 7.59. The summed E-state index contributed by atoms with van der Waals surface area (Å²) in [6.45, 7) is 0.868. The minimum atomic E-state index is 0.0321. The molecule has 146 valence electrons. The van der Waals surface area contributed by atoms with E-state index in [1.165, 1.54) is 0 Å². The summed E-state index contributed by atoms with van der Waals surface area (Å²) >= 11 is 0. The van der Waals surface area contributed by atoms with Crippen LogP contribution in [0.15, 0.2) is 30.5 Å². The van der Waals surface area contributed by atoms with E-state index in [2.05, 4.69) is 10.4 Å². The van der Waals surface area contributed by atoms with Crippen LogP contribution in [0.5, 0.6) is 5.75 Å². The molecular formula is C20H28N4O3. The lowest BCUT2D eigenvalue weighted by atomic mass is 9.86. The second kappa shape index (κ2) is 9.01. The molecule has 1 aromatic carbocycles. The van der Waals surface area contributed by atoms with Crippen molar-refractivity contribution in [3.8, 4) is 17.0 Å². The first-order chi connectivity index (χ1) is 13.1. The minimum absolute atomic E-state index is 0.0321. The van der Waals surface area contributed by atoms with E-state index in [4.69, 9.17) is 15.2 Å². The highest BCUT2D eigenvalue weighted by atomic mass is 16.5. The van der Waals surface area contributed by atoms with Crippen molar-refractivity contribution in [3.63, 3.8) is 0 Å². The Morgan fingerprint density at radius 3 is 2.70 bits per heavy atom. The second-order valence-electron chi connectivity index (χ2n) is 6.89. The SMILES string of the molecule is COC1CCC(C(=O)Nc2ccc(OCCN)c(-c3ccnn3C)c2)CC1. The van der Waals surface area contributed by atoms with E-state index in [0.717, 1.165) is 48.4 Å². The van der Waals surface area contributed by atoms with Gasteiger partial charge in [0, 0.05) is 44.1 Å². The molecule has 3 rings (SSSR count). The normalized spacial score (nSPS) is 19.7. The third-order valence-electron chi connectivity index (χ3n) is 5.10. The van der Waals surface area contributed by atoms with E-state index >= 15 is 0 Å². The minimum Gasteiger partial charge on any atom is -0.492 e. The molecule has 0 spiro atoms. The number of methoxy groups -OCH3 is 1. The third-order valence-corrected chi connectivity index (χ3v) is 5.10. The fourth-order valence-corrected chi connectivity index (χ4v) is 3.55. The highest BCUT2D eigenvalue weighted by molar-refractivity contribution is 5.93. The van der Waals surface area contributed by atoms with Crippen molar-refractivity contribution in [1.29, 1.82) is 0 Å². The molecule has 1 fully saturated rings. The van der Waals surface area contributed by atoms with Crippen LogP contribution in [-0.4, -0.2) is 42.1 Å². The molecule has 1 heterocycles. The van der Waals surface area contributed by atoms with Crippen molar-refractivity contribution in [1.82, 2.24) is 9.78 Å². The van der Waals surface area contributed by atoms with Gasteiger partial charge in [0.1, 0.15) is 12.4 Å². The van der Waals surface area contributed by atoms with Crippen LogP contribution in [0.25, 0.3) is 11.3 Å². The number of anilines is 1. The van der Waals surface area contributed by atoms with Crippen molar-refractivity contribution in [3.05, 3.63) is 30.5 Å². The first kappa shape index (κ1) is 19.4. The maximum absolute atomic E-state index is 12.7. The molecule has 0 radical (unpaired) electrons. The Balaban J connectivity index is 1.76. The van der Waals surface area contributed by atoms with Gasteiger partial charge in [0.25, 0.3) is 0 Å². The van der Waals surface area contributed by atoms with Gasteiger partial charge in [0.15, 0.2) is 0 Å². The van der Waals surface area contributed by atoms with Gasteiger partial charge in [-0.3, -0.25) is 9.48 Å². The van der Waals surface area contributed by atoms with Crippen LogP contribution in [0.1, 0.15) is 25.7 Å².